The number of rotatable bonds is 3. The maximum absolute atomic E-state index is 12.7. The molecule has 0 bridgehead atoms. The van der Waals surface area contributed by atoms with Gasteiger partial charge in [-0.05, 0) is 0 Å². The third-order valence-corrected chi connectivity index (χ3v) is 4.41. The van der Waals surface area contributed by atoms with E-state index < -0.39 is 30.1 Å². The maximum atomic E-state index is 12.7. The van der Waals surface area contributed by atoms with Crippen molar-refractivity contribution in [1.29, 1.82) is 0 Å². The lowest BCUT2D eigenvalue weighted by molar-refractivity contribution is -0.141. The van der Waals surface area contributed by atoms with Crippen molar-refractivity contribution in [1.82, 2.24) is 15.0 Å². The summed E-state index contributed by atoms with van der Waals surface area (Å²) >= 11 is 1.36. The number of nitrogens with one attached hydrogen (secondary N) is 1. The Bertz CT molecular complexity index is 684. The summed E-state index contributed by atoms with van der Waals surface area (Å²) in [6.45, 7) is 0.435. The predicted molar refractivity (Wildman–Crippen MR) is 80.8 cm³/mol. The topological polar surface area (TPSA) is 94.4 Å². The standard InChI is InChI=1S/C13H14F3N5O2S/c14-13(15,16)9-3-17-4-10(20-9)19-7-5-21(6-8(22)11(7)23)12-18-1-2-24-12/h1-4,7-8,11,22-23H,5-6H2,(H,19,20)/t7-,8-,11+/m0/s1. The summed E-state index contributed by atoms with van der Waals surface area (Å²) in [6, 6.07) is -0.726. The van der Waals surface area contributed by atoms with Gasteiger partial charge in [-0.15, -0.1) is 11.3 Å². The minimum atomic E-state index is -4.61. The van der Waals surface area contributed by atoms with E-state index in [2.05, 4.69) is 20.3 Å². The minimum Gasteiger partial charge on any atom is -0.388 e. The van der Waals surface area contributed by atoms with E-state index in [4.69, 9.17) is 0 Å². The minimum absolute atomic E-state index is 0.123. The fourth-order valence-electron chi connectivity index (χ4n) is 2.44. The van der Waals surface area contributed by atoms with E-state index in [0.29, 0.717) is 11.3 Å². The molecule has 0 aliphatic carbocycles. The van der Waals surface area contributed by atoms with Gasteiger partial charge in [0.2, 0.25) is 0 Å². The fourth-order valence-corrected chi connectivity index (χ4v) is 3.11. The number of halogens is 3. The summed E-state index contributed by atoms with van der Waals surface area (Å²) in [7, 11) is 0. The molecule has 1 aliphatic rings. The molecule has 24 heavy (non-hydrogen) atoms. The highest BCUT2D eigenvalue weighted by Crippen LogP contribution is 2.28. The Balaban J connectivity index is 1.77. The number of alkyl halides is 3. The van der Waals surface area contributed by atoms with Gasteiger partial charge in [-0.3, -0.25) is 4.98 Å². The molecule has 0 saturated carbocycles. The number of aliphatic hydroxyl groups excluding tert-OH is 2. The van der Waals surface area contributed by atoms with Crippen molar-refractivity contribution >= 4 is 22.3 Å². The normalized spacial score (nSPS) is 24.9. The van der Waals surface area contributed by atoms with Crippen LogP contribution in [0.4, 0.5) is 24.1 Å². The van der Waals surface area contributed by atoms with Crippen LogP contribution in [-0.2, 0) is 6.18 Å². The van der Waals surface area contributed by atoms with E-state index in [9.17, 15) is 23.4 Å². The van der Waals surface area contributed by atoms with Gasteiger partial charge in [-0.1, -0.05) is 0 Å². The van der Waals surface area contributed by atoms with Gasteiger partial charge >= 0.3 is 6.18 Å². The first kappa shape index (κ1) is 16.9. The zero-order valence-electron chi connectivity index (χ0n) is 12.2. The van der Waals surface area contributed by atoms with Crippen LogP contribution in [-0.4, -0.2) is 56.5 Å². The summed E-state index contributed by atoms with van der Waals surface area (Å²) in [5.41, 5.74) is -1.13. The average molecular weight is 361 g/mol. The largest absolute Gasteiger partial charge is 0.434 e. The molecule has 3 heterocycles. The van der Waals surface area contributed by atoms with Crippen molar-refractivity contribution in [3.05, 3.63) is 29.7 Å². The number of aromatic nitrogens is 3. The number of hydrogen-bond donors (Lipinski definition) is 3. The Kier molecular flexibility index (Phi) is 4.56. The predicted octanol–water partition coefficient (Wildman–Crippen LogP) is 0.974. The van der Waals surface area contributed by atoms with Gasteiger partial charge in [0.25, 0.3) is 0 Å². The van der Waals surface area contributed by atoms with Crippen LogP contribution < -0.4 is 10.2 Å². The highest BCUT2D eigenvalue weighted by molar-refractivity contribution is 7.13. The monoisotopic (exact) mass is 361 g/mol. The molecule has 0 aromatic carbocycles. The number of aliphatic hydroxyl groups is 2. The molecule has 3 N–H and O–H groups in total. The average Bonchev–Trinajstić information content (AvgIpc) is 3.05. The van der Waals surface area contributed by atoms with Crippen molar-refractivity contribution in [2.24, 2.45) is 0 Å². The molecule has 2 aromatic heterocycles. The van der Waals surface area contributed by atoms with Crippen molar-refractivity contribution in [2.75, 3.05) is 23.3 Å². The Morgan fingerprint density at radius 2 is 2.04 bits per heavy atom. The molecule has 2 aromatic rings. The fraction of sp³-hybridized carbons (Fsp3) is 0.462. The quantitative estimate of drug-likeness (QED) is 0.750. The molecule has 1 saturated heterocycles. The molecule has 0 radical (unpaired) electrons. The molecule has 130 valence electrons. The second-order valence-corrected chi connectivity index (χ2v) is 6.19. The first-order chi connectivity index (χ1) is 11.3. The van der Waals surface area contributed by atoms with Crippen molar-refractivity contribution in [2.45, 2.75) is 24.4 Å². The third-order valence-electron chi connectivity index (χ3n) is 3.58. The number of piperidine rings is 1. The lowest BCUT2D eigenvalue weighted by atomic mass is 10.00. The highest BCUT2D eigenvalue weighted by Gasteiger charge is 2.37. The molecule has 1 aliphatic heterocycles. The molecular formula is C13H14F3N5O2S. The Hall–Kier alpha value is -1.98. The first-order valence-electron chi connectivity index (χ1n) is 7.01. The summed E-state index contributed by atoms with van der Waals surface area (Å²) in [4.78, 5) is 12.9. The van der Waals surface area contributed by atoms with Crippen LogP contribution in [0, 0.1) is 0 Å². The second kappa shape index (κ2) is 6.49. The van der Waals surface area contributed by atoms with Crippen LogP contribution >= 0.6 is 11.3 Å². The van der Waals surface area contributed by atoms with E-state index in [1.165, 1.54) is 11.3 Å². The summed E-state index contributed by atoms with van der Waals surface area (Å²) in [6.07, 6.45) is -3.47. The number of nitrogens with zero attached hydrogens (tertiary/aromatic N) is 4. The van der Waals surface area contributed by atoms with Crippen molar-refractivity contribution < 1.29 is 23.4 Å². The first-order valence-corrected chi connectivity index (χ1v) is 7.89. The Labute approximate surface area is 138 Å². The molecule has 0 spiro atoms. The van der Waals surface area contributed by atoms with E-state index >= 15 is 0 Å². The molecule has 0 unspecified atom stereocenters. The van der Waals surface area contributed by atoms with Crippen LogP contribution in [0.3, 0.4) is 0 Å². The molecule has 0 amide bonds. The lowest BCUT2D eigenvalue weighted by Gasteiger charge is -2.39. The van der Waals surface area contributed by atoms with Gasteiger partial charge in [-0.2, -0.15) is 13.2 Å². The molecule has 11 heteroatoms. The van der Waals surface area contributed by atoms with Crippen molar-refractivity contribution in [3.63, 3.8) is 0 Å². The molecular weight excluding hydrogens is 347 g/mol. The van der Waals surface area contributed by atoms with Gasteiger partial charge in [0.15, 0.2) is 10.8 Å². The summed E-state index contributed by atoms with van der Waals surface area (Å²) < 4.78 is 38.1. The van der Waals surface area contributed by atoms with Crippen LogP contribution in [0.1, 0.15) is 5.69 Å². The summed E-state index contributed by atoms with van der Waals surface area (Å²) in [5.74, 6) is -0.123. The molecule has 3 atom stereocenters. The van der Waals surface area contributed by atoms with Gasteiger partial charge < -0.3 is 20.4 Å². The van der Waals surface area contributed by atoms with Gasteiger partial charge in [0, 0.05) is 24.7 Å². The van der Waals surface area contributed by atoms with Crippen molar-refractivity contribution in [3.8, 4) is 0 Å². The SMILES string of the molecule is O[C@@H]1[C@@H](Nc2cncc(C(F)(F)F)n2)CN(c2nccs2)C[C@@H]1O. The van der Waals surface area contributed by atoms with Gasteiger partial charge in [0.05, 0.1) is 24.5 Å². The van der Waals surface area contributed by atoms with Crippen LogP contribution in [0.2, 0.25) is 0 Å². The smallest absolute Gasteiger partial charge is 0.388 e. The molecule has 7 nitrogen and oxygen atoms in total. The number of thiazole rings is 1. The summed E-state index contributed by atoms with van der Waals surface area (Å²) in [5, 5.41) is 25.3. The molecule has 1 fully saturated rings. The number of anilines is 2. The number of β-amino-alcohol motifs (C(OH)–C–C–N with tert-alkyl or cyclic N) is 1. The lowest BCUT2D eigenvalue weighted by Crippen LogP contribution is -2.58. The molecule has 3 rings (SSSR count). The highest BCUT2D eigenvalue weighted by atomic mass is 32.1. The van der Waals surface area contributed by atoms with E-state index in [1.54, 1.807) is 16.5 Å². The van der Waals surface area contributed by atoms with E-state index in [1.807, 2.05) is 0 Å². The number of hydrogen-bond acceptors (Lipinski definition) is 8. The second-order valence-electron chi connectivity index (χ2n) is 5.32. The van der Waals surface area contributed by atoms with Crippen LogP contribution in [0.15, 0.2) is 24.0 Å². The van der Waals surface area contributed by atoms with Gasteiger partial charge in [0.1, 0.15) is 11.9 Å². The zero-order valence-corrected chi connectivity index (χ0v) is 13.0. The van der Waals surface area contributed by atoms with E-state index in [0.717, 1.165) is 6.20 Å². The van der Waals surface area contributed by atoms with Crippen LogP contribution in [0.25, 0.3) is 0 Å². The Morgan fingerprint density at radius 1 is 1.25 bits per heavy atom. The maximum Gasteiger partial charge on any atom is 0.434 e. The van der Waals surface area contributed by atoms with Crippen LogP contribution in [0.5, 0.6) is 0 Å². The zero-order chi connectivity index (χ0) is 17.3. The third kappa shape index (κ3) is 3.57. The Morgan fingerprint density at radius 3 is 2.71 bits per heavy atom. The van der Waals surface area contributed by atoms with Gasteiger partial charge in [-0.25, -0.2) is 9.97 Å². The van der Waals surface area contributed by atoms with E-state index in [-0.39, 0.29) is 18.9 Å².